The first-order valence-electron chi connectivity index (χ1n) is 7.25. The van der Waals surface area contributed by atoms with Crippen molar-refractivity contribution in [2.75, 3.05) is 12.3 Å². The molecule has 2 atom stereocenters. The summed E-state index contributed by atoms with van der Waals surface area (Å²) in [6, 6.07) is 16.5. The summed E-state index contributed by atoms with van der Waals surface area (Å²) in [5.74, 6) is 1.39. The van der Waals surface area contributed by atoms with Gasteiger partial charge >= 0.3 is 0 Å². The minimum Gasteiger partial charge on any atom is -0.330 e. The summed E-state index contributed by atoms with van der Waals surface area (Å²) in [6.45, 7) is 4.68. The third-order valence-corrected chi connectivity index (χ3v) is 4.98. The highest BCUT2D eigenvalue weighted by Gasteiger charge is 2.14. The fourth-order valence-corrected chi connectivity index (χ4v) is 4.08. The van der Waals surface area contributed by atoms with E-state index in [4.69, 9.17) is 5.73 Å². The van der Waals surface area contributed by atoms with Gasteiger partial charge in [0.1, 0.15) is 0 Å². The Hall–Kier alpha value is -1.45. The second-order valence-electron chi connectivity index (χ2n) is 5.59. The predicted molar refractivity (Wildman–Crippen MR) is 90.9 cm³/mol. The van der Waals surface area contributed by atoms with Crippen LogP contribution in [0.15, 0.2) is 48.5 Å². The van der Waals surface area contributed by atoms with Crippen molar-refractivity contribution in [1.82, 2.24) is 0 Å². The van der Waals surface area contributed by atoms with Gasteiger partial charge < -0.3 is 5.73 Å². The van der Waals surface area contributed by atoms with Gasteiger partial charge in [-0.15, -0.1) is 0 Å². The van der Waals surface area contributed by atoms with Crippen LogP contribution < -0.4 is 5.73 Å². The number of hydrogen-bond donors (Lipinski definition) is 1. The topological polar surface area (TPSA) is 43.1 Å². The molecule has 3 heteroatoms. The van der Waals surface area contributed by atoms with Crippen LogP contribution >= 0.6 is 0 Å². The van der Waals surface area contributed by atoms with Gasteiger partial charge in [-0.2, -0.15) is 0 Å². The molecule has 2 aromatic rings. The maximum absolute atomic E-state index is 12.4. The van der Waals surface area contributed by atoms with Crippen molar-refractivity contribution in [1.29, 1.82) is 0 Å². The Kier molecular flexibility index (Phi) is 5.71. The van der Waals surface area contributed by atoms with Gasteiger partial charge in [-0.3, -0.25) is 4.21 Å². The molecule has 0 amide bonds. The molecule has 0 spiro atoms. The summed E-state index contributed by atoms with van der Waals surface area (Å²) in [6.07, 6.45) is 0. The van der Waals surface area contributed by atoms with Crippen molar-refractivity contribution >= 4 is 10.8 Å². The summed E-state index contributed by atoms with van der Waals surface area (Å²) in [5, 5.41) is 0. The standard InChI is InChI=1S/C18H23NOS/c1-14-8-15(2)10-16(9-14)12-21(20)13-18(11-19)17-6-4-3-5-7-17/h3-10,18H,11-13,19H2,1-2H3. The molecule has 0 aliphatic carbocycles. The van der Waals surface area contributed by atoms with E-state index in [0.717, 1.165) is 5.56 Å². The lowest BCUT2D eigenvalue weighted by Gasteiger charge is -2.15. The minimum absolute atomic E-state index is 0.165. The zero-order valence-corrected chi connectivity index (χ0v) is 13.5. The monoisotopic (exact) mass is 301 g/mol. The van der Waals surface area contributed by atoms with Crippen molar-refractivity contribution in [2.45, 2.75) is 25.5 Å². The molecule has 0 saturated carbocycles. The van der Waals surface area contributed by atoms with Gasteiger partial charge in [0.15, 0.2) is 0 Å². The SMILES string of the molecule is Cc1cc(C)cc(CS(=O)CC(CN)c2ccccc2)c1. The van der Waals surface area contributed by atoms with Crippen LogP contribution in [0.2, 0.25) is 0 Å². The first-order valence-corrected chi connectivity index (χ1v) is 8.74. The van der Waals surface area contributed by atoms with E-state index in [9.17, 15) is 4.21 Å². The quantitative estimate of drug-likeness (QED) is 0.889. The Balaban J connectivity index is 2.03. The average molecular weight is 301 g/mol. The van der Waals surface area contributed by atoms with E-state index in [0.29, 0.717) is 18.1 Å². The summed E-state index contributed by atoms with van der Waals surface area (Å²) in [4.78, 5) is 0. The maximum Gasteiger partial charge on any atom is 0.0486 e. The van der Waals surface area contributed by atoms with E-state index >= 15 is 0 Å². The predicted octanol–water partition coefficient (Wildman–Crippen LogP) is 3.29. The van der Waals surface area contributed by atoms with E-state index < -0.39 is 10.8 Å². The molecule has 0 fully saturated rings. The van der Waals surface area contributed by atoms with Crippen LogP contribution in [0.3, 0.4) is 0 Å². The van der Waals surface area contributed by atoms with Gasteiger partial charge in [-0.05, 0) is 25.0 Å². The van der Waals surface area contributed by atoms with E-state index in [1.807, 2.05) is 18.2 Å². The smallest absolute Gasteiger partial charge is 0.0486 e. The Morgan fingerprint density at radius 3 is 2.24 bits per heavy atom. The molecule has 0 heterocycles. The number of rotatable bonds is 6. The molecule has 21 heavy (non-hydrogen) atoms. The molecule has 0 radical (unpaired) electrons. The van der Waals surface area contributed by atoms with Gasteiger partial charge in [0.2, 0.25) is 0 Å². The molecule has 2 rings (SSSR count). The molecule has 2 unspecified atom stereocenters. The molecule has 2 N–H and O–H groups in total. The molecule has 0 aliphatic heterocycles. The van der Waals surface area contributed by atoms with Gasteiger partial charge in [0.25, 0.3) is 0 Å². The minimum atomic E-state index is -0.898. The Morgan fingerprint density at radius 2 is 1.67 bits per heavy atom. The number of hydrogen-bond acceptors (Lipinski definition) is 2. The Morgan fingerprint density at radius 1 is 1.05 bits per heavy atom. The number of aryl methyl sites for hydroxylation is 2. The second-order valence-corrected chi connectivity index (χ2v) is 7.09. The summed E-state index contributed by atoms with van der Waals surface area (Å²) < 4.78 is 12.4. The van der Waals surface area contributed by atoms with Crippen LogP contribution in [0.25, 0.3) is 0 Å². The third-order valence-electron chi connectivity index (χ3n) is 3.55. The Labute approximate surface area is 129 Å². The van der Waals surface area contributed by atoms with Crippen molar-refractivity contribution in [3.63, 3.8) is 0 Å². The lowest BCUT2D eigenvalue weighted by molar-refractivity contribution is 0.672. The molecular formula is C18H23NOS. The lowest BCUT2D eigenvalue weighted by atomic mass is 10.0. The maximum atomic E-state index is 12.4. The zero-order chi connectivity index (χ0) is 15.2. The van der Waals surface area contributed by atoms with Gasteiger partial charge in [0.05, 0.1) is 0 Å². The molecule has 0 saturated heterocycles. The van der Waals surface area contributed by atoms with Crippen LogP contribution in [0.5, 0.6) is 0 Å². The normalized spacial score (nSPS) is 13.9. The fourth-order valence-electron chi connectivity index (χ4n) is 2.65. The van der Waals surface area contributed by atoms with Crippen molar-refractivity contribution in [3.05, 3.63) is 70.8 Å². The number of nitrogens with two attached hydrogens (primary N) is 1. The molecule has 0 bridgehead atoms. The highest BCUT2D eigenvalue weighted by atomic mass is 32.2. The summed E-state index contributed by atoms with van der Waals surface area (Å²) in [7, 11) is -0.898. The molecule has 2 nitrogen and oxygen atoms in total. The van der Waals surface area contributed by atoms with E-state index in [1.54, 1.807) is 0 Å². The van der Waals surface area contributed by atoms with Gasteiger partial charge in [0, 0.05) is 34.8 Å². The third kappa shape index (κ3) is 4.80. The van der Waals surface area contributed by atoms with Crippen molar-refractivity contribution in [2.24, 2.45) is 5.73 Å². The molecule has 0 aromatic heterocycles. The first kappa shape index (κ1) is 15.9. The van der Waals surface area contributed by atoms with E-state index in [1.165, 1.54) is 16.7 Å². The molecule has 112 valence electrons. The fraction of sp³-hybridized carbons (Fsp3) is 0.333. The highest BCUT2D eigenvalue weighted by molar-refractivity contribution is 7.84. The zero-order valence-electron chi connectivity index (χ0n) is 12.7. The number of benzene rings is 2. The van der Waals surface area contributed by atoms with Crippen LogP contribution in [0.4, 0.5) is 0 Å². The largest absolute Gasteiger partial charge is 0.330 e. The highest BCUT2D eigenvalue weighted by Crippen LogP contribution is 2.18. The first-order chi connectivity index (χ1) is 10.1. The Bertz CT molecular complexity index is 590. The lowest BCUT2D eigenvalue weighted by Crippen LogP contribution is -2.19. The molecular weight excluding hydrogens is 278 g/mol. The van der Waals surface area contributed by atoms with Gasteiger partial charge in [-0.1, -0.05) is 59.7 Å². The van der Waals surface area contributed by atoms with Crippen molar-refractivity contribution in [3.8, 4) is 0 Å². The van der Waals surface area contributed by atoms with Crippen molar-refractivity contribution < 1.29 is 4.21 Å². The van der Waals surface area contributed by atoms with E-state index in [2.05, 4.69) is 44.2 Å². The van der Waals surface area contributed by atoms with Crippen LogP contribution in [0.1, 0.15) is 28.2 Å². The van der Waals surface area contributed by atoms with E-state index in [-0.39, 0.29) is 5.92 Å². The second kappa shape index (κ2) is 7.53. The van der Waals surface area contributed by atoms with Gasteiger partial charge in [-0.25, -0.2) is 0 Å². The van der Waals surface area contributed by atoms with Crippen LogP contribution in [0, 0.1) is 13.8 Å². The summed E-state index contributed by atoms with van der Waals surface area (Å²) >= 11 is 0. The van der Waals surface area contributed by atoms with Crippen LogP contribution in [-0.2, 0) is 16.6 Å². The summed E-state index contributed by atoms with van der Waals surface area (Å²) in [5.41, 5.74) is 10.6. The van der Waals surface area contributed by atoms with Crippen LogP contribution in [-0.4, -0.2) is 16.5 Å². The molecule has 0 aliphatic rings. The molecule has 2 aromatic carbocycles. The average Bonchev–Trinajstić information content (AvgIpc) is 2.44.